The maximum atomic E-state index is 14.0. The molecule has 44 heavy (non-hydrogen) atoms. The predicted octanol–water partition coefficient (Wildman–Crippen LogP) is 4.91. The number of carbonyl (C=O) groups excluding carboxylic acids is 2. The Kier molecular flexibility index (Phi) is 8.46. The standard InChI is InChI=1S/C34H35FN6O3/c1-20-18-40(29-14-13-24(35)16-28(20)29)25-10-7-9-23(15-25)19-41-30(17-37-31(34(41)44)38-32(42)22(3)36-4)26-11-8-12-27(21(26)2)33(43)39(5)6/h7-18,22,36H,19H2,1-6H3,(H,37,38,42). The van der Waals surface area contributed by atoms with Crippen LogP contribution in [0.2, 0.25) is 0 Å². The van der Waals surface area contributed by atoms with Crippen molar-refractivity contribution in [2.45, 2.75) is 33.4 Å². The Morgan fingerprint density at radius 1 is 1.05 bits per heavy atom. The lowest BCUT2D eigenvalue weighted by atomic mass is 9.99. The van der Waals surface area contributed by atoms with E-state index in [1.807, 2.05) is 54.9 Å². The second-order valence-electron chi connectivity index (χ2n) is 11.1. The van der Waals surface area contributed by atoms with E-state index in [-0.39, 0.29) is 30.0 Å². The van der Waals surface area contributed by atoms with E-state index in [2.05, 4.69) is 15.6 Å². The van der Waals surface area contributed by atoms with Gasteiger partial charge >= 0.3 is 0 Å². The Bertz CT molecular complexity index is 1960. The third-order valence-electron chi connectivity index (χ3n) is 7.86. The Balaban J connectivity index is 1.64. The molecule has 5 rings (SSSR count). The zero-order valence-electron chi connectivity index (χ0n) is 25.6. The fourth-order valence-electron chi connectivity index (χ4n) is 5.26. The summed E-state index contributed by atoms with van der Waals surface area (Å²) in [6, 6.07) is 17.3. The maximum absolute atomic E-state index is 14.0. The molecule has 2 aromatic heterocycles. The van der Waals surface area contributed by atoms with Gasteiger partial charge in [0.1, 0.15) is 5.82 Å². The molecule has 10 heteroatoms. The number of hydrogen-bond donors (Lipinski definition) is 2. The highest BCUT2D eigenvalue weighted by Gasteiger charge is 2.21. The number of aryl methyl sites for hydroxylation is 1. The average Bonchev–Trinajstić information content (AvgIpc) is 3.34. The Hall–Kier alpha value is -5.09. The largest absolute Gasteiger partial charge is 0.345 e. The summed E-state index contributed by atoms with van der Waals surface area (Å²) >= 11 is 0. The average molecular weight is 595 g/mol. The summed E-state index contributed by atoms with van der Waals surface area (Å²) in [5.41, 5.74) is 5.39. The first-order valence-corrected chi connectivity index (χ1v) is 14.3. The monoisotopic (exact) mass is 594 g/mol. The first-order valence-electron chi connectivity index (χ1n) is 14.3. The Morgan fingerprint density at radius 3 is 2.52 bits per heavy atom. The number of anilines is 1. The number of halogens is 1. The molecule has 2 N–H and O–H groups in total. The highest BCUT2D eigenvalue weighted by molar-refractivity contribution is 5.97. The van der Waals surface area contributed by atoms with Gasteiger partial charge in [0.15, 0.2) is 5.82 Å². The molecule has 0 saturated carbocycles. The van der Waals surface area contributed by atoms with Crippen LogP contribution in [0.1, 0.15) is 34.0 Å². The summed E-state index contributed by atoms with van der Waals surface area (Å²) in [5, 5.41) is 6.33. The lowest BCUT2D eigenvalue weighted by Gasteiger charge is -2.19. The van der Waals surface area contributed by atoms with Gasteiger partial charge in [0.2, 0.25) is 5.91 Å². The van der Waals surface area contributed by atoms with Crippen molar-refractivity contribution in [3.63, 3.8) is 0 Å². The fraction of sp³-hybridized carbons (Fsp3) is 0.235. The molecule has 0 saturated heterocycles. The van der Waals surface area contributed by atoms with Crippen LogP contribution in [0.5, 0.6) is 0 Å². The molecule has 2 amide bonds. The van der Waals surface area contributed by atoms with E-state index < -0.39 is 11.6 Å². The number of carbonyl (C=O) groups is 2. The predicted molar refractivity (Wildman–Crippen MR) is 171 cm³/mol. The van der Waals surface area contributed by atoms with Crippen molar-refractivity contribution in [1.29, 1.82) is 0 Å². The molecule has 0 aliphatic carbocycles. The smallest absolute Gasteiger partial charge is 0.294 e. The minimum Gasteiger partial charge on any atom is -0.345 e. The molecule has 0 aliphatic rings. The van der Waals surface area contributed by atoms with Crippen molar-refractivity contribution < 1.29 is 14.0 Å². The molecule has 5 aromatic rings. The van der Waals surface area contributed by atoms with Gasteiger partial charge in [-0.3, -0.25) is 19.0 Å². The number of benzene rings is 3. The Morgan fingerprint density at radius 2 is 1.80 bits per heavy atom. The first-order chi connectivity index (χ1) is 21.0. The summed E-state index contributed by atoms with van der Waals surface area (Å²) in [6.07, 6.45) is 3.51. The minimum absolute atomic E-state index is 0.0933. The topological polar surface area (TPSA) is 101 Å². The van der Waals surface area contributed by atoms with Crippen LogP contribution in [0.3, 0.4) is 0 Å². The number of aromatic nitrogens is 3. The van der Waals surface area contributed by atoms with Gasteiger partial charge in [0, 0.05) is 42.5 Å². The van der Waals surface area contributed by atoms with E-state index in [4.69, 9.17) is 0 Å². The number of amides is 2. The number of hydrogen-bond acceptors (Lipinski definition) is 5. The van der Waals surface area contributed by atoms with E-state index >= 15 is 0 Å². The highest BCUT2D eigenvalue weighted by Crippen LogP contribution is 2.28. The van der Waals surface area contributed by atoms with Crippen molar-refractivity contribution in [3.05, 3.63) is 111 Å². The van der Waals surface area contributed by atoms with Crippen molar-refractivity contribution in [2.75, 3.05) is 26.5 Å². The summed E-state index contributed by atoms with van der Waals surface area (Å²) in [6.45, 7) is 5.62. The van der Waals surface area contributed by atoms with E-state index in [1.165, 1.54) is 17.0 Å². The van der Waals surface area contributed by atoms with Crippen molar-refractivity contribution in [3.8, 4) is 16.9 Å². The number of fused-ring (bicyclic) bond motifs is 1. The quantitative estimate of drug-likeness (QED) is 0.266. The highest BCUT2D eigenvalue weighted by atomic mass is 19.1. The summed E-state index contributed by atoms with van der Waals surface area (Å²) in [5.74, 6) is -0.933. The van der Waals surface area contributed by atoms with Gasteiger partial charge in [-0.15, -0.1) is 0 Å². The second-order valence-corrected chi connectivity index (χ2v) is 11.1. The van der Waals surface area contributed by atoms with E-state index in [0.29, 0.717) is 22.4 Å². The van der Waals surface area contributed by atoms with Crippen LogP contribution in [0.25, 0.3) is 27.8 Å². The van der Waals surface area contributed by atoms with Gasteiger partial charge in [0.05, 0.1) is 30.0 Å². The molecule has 0 aliphatic heterocycles. The van der Waals surface area contributed by atoms with E-state index in [0.717, 1.165) is 27.7 Å². The summed E-state index contributed by atoms with van der Waals surface area (Å²) in [7, 11) is 5.03. The van der Waals surface area contributed by atoms with Crippen molar-refractivity contribution in [2.24, 2.45) is 0 Å². The molecular weight excluding hydrogens is 559 g/mol. The number of likely N-dealkylation sites (N-methyl/N-ethyl adjacent to an activating group) is 1. The van der Waals surface area contributed by atoms with Crippen LogP contribution < -0.4 is 16.2 Å². The van der Waals surface area contributed by atoms with E-state index in [9.17, 15) is 18.8 Å². The van der Waals surface area contributed by atoms with Gasteiger partial charge in [-0.25, -0.2) is 9.37 Å². The summed E-state index contributed by atoms with van der Waals surface area (Å²) < 4.78 is 17.5. The van der Waals surface area contributed by atoms with Gasteiger partial charge in [0.25, 0.3) is 11.5 Å². The van der Waals surface area contributed by atoms with E-state index in [1.54, 1.807) is 57.0 Å². The normalized spacial score (nSPS) is 11.9. The van der Waals surface area contributed by atoms with Crippen LogP contribution in [0, 0.1) is 19.7 Å². The number of rotatable bonds is 8. The molecule has 9 nitrogen and oxygen atoms in total. The van der Waals surface area contributed by atoms with Gasteiger partial charge in [-0.1, -0.05) is 24.3 Å². The third kappa shape index (κ3) is 5.76. The molecule has 0 bridgehead atoms. The van der Waals surface area contributed by atoms with Crippen LogP contribution >= 0.6 is 0 Å². The van der Waals surface area contributed by atoms with Crippen LogP contribution in [0.4, 0.5) is 10.2 Å². The molecule has 0 spiro atoms. The van der Waals surface area contributed by atoms with Crippen molar-refractivity contribution in [1.82, 2.24) is 24.3 Å². The second kappa shape index (κ2) is 12.3. The maximum Gasteiger partial charge on any atom is 0.294 e. The van der Waals surface area contributed by atoms with Gasteiger partial charge in [-0.05, 0) is 80.9 Å². The molecule has 0 radical (unpaired) electrons. The third-order valence-corrected chi connectivity index (χ3v) is 7.86. The SMILES string of the molecule is CNC(C)C(=O)Nc1ncc(-c2cccc(C(=O)N(C)C)c2C)n(Cc2cccc(-n3cc(C)c4cc(F)ccc43)c2)c1=O. The molecule has 1 unspecified atom stereocenters. The molecule has 3 aromatic carbocycles. The molecule has 226 valence electrons. The van der Waals surface area contributed by atoms with Crippen LogP contribution in [0.15, 0.2) is 77.9 Å². The lowest BCUT2D eigenvalue weighted by Crippen LogP contribution is -2.38. The number of nitrogens with zero attached hydrogens (tertiary/aromatic N) is 4. The zero-order valence-corrected chi connectivity index (χ0v) is 25.6. The summed E-state index contributed by atoms with van der Waals surface area (Å²) in [4.78, 5) is 45.4. The Labute approximate surface area is 255 Å². The van der Waals surface area contributed by atoms with Crippen LogP contribution in [-0.4, -0.2) is 58.0 Å². The zero-order chi connectivity index (χ0) is 31.7. The molecule has 0 fully saturated rings. The first kappa shape index (κ1) is 30.4. The number of nitrogens with one attached hydrogen (secondary N) is 2. The fourth-order valence-corrected chi connectivity index (χ4v) is 5.26. The lowest BCUT2D eigenvalue weighted by molar-refractivity contribution is -0.117. The minimum atomic E-state index is -0.537. The molecular formula is C34H35FN6O3. The molecule has 1 atom stereocenters. The van der Waals surface area contributed by atoms with Crippen LogP contribution in [-0.2, 0) is 11.3 Å². The van der Waals surface area contributed by atoms with Gasteiger partial charge < -0.3 is 20.1 Å². The molecule has 2 heterocycles. The van der Waals surface area contributed by atoms with Crippen molar-refractivity contribution >= 4 is 28.5 Å². The van der Waals surface area contributed by atoms with Gasteiger partial charge in [-0.2, -0.15) is 0 Å².